The molecule has 2 aromatic heterocycles. The maximum atomic E-state index is 10.6. The number of hydrogen-bond donors (Lipinski definition) is 2. The van der Waals surface area contributed by atoms with Crippen molar-refractivity contribution in [2.45, 2.75) is 6.54 Å². The second kappa shape index (κ2) is 6.36. The number of anilines is 1. The average molecular weight is 328 g/mol. The van der Waals surface area contributed by atoms with E-state index in [4.69, 9.17) is 12.2 Å². The number of fused-ring (bicyclic) bond motifs is 1. The van der Waals surface area contributed by atoms with Gasteiger partial charge in [-0.2, -0.15) is 0 Å². The average Bonchev–Trinajstić information content (AvgIpc) is 2.97. The number of thiocarbonyl (C=S) groups is 1. The Hall–Kier alpha value is -3.07. The zero-order chi connectivity index (χ0) is 16.2. The summed E-state index contributed by atoms with van der Waals surface area (Å²) in [6.07, 6.45) is 1.87. The van der Waals surface area contributed by atoms with E-state index in [1.54, 1.807) is 12.1 Å². The van der Waals surface area contributed by atoms with Crippen molar-refractivity contribution in [2.24, 2.45) is 0 Å². The van der Waals surface area contributed by atoms with Crippen molar-refractivity contribution in [3.05, 3.63) is 64.6 Å². The van der Waals surface area contributed by atoms with Gasteiger partial charge in [0.2, 0.25) is 0 Å². The van der Waals surface area contributed by atoms with Gasteiger partial charge in [0.15, 0.2) is 16.6 Å². The molecule has 3 rings (SSSR count). The third kappa shape index (κ3) is 3.40. The maximum absolute atomic E-state index is 10.6. The summed E-state index contributed by atoms with van der Waals surface area (Å²) in [6, 6.07) is 11.7. The molecule has 3 aromatic rings. The van der Waals surface area contributed by atoms with E-state index in [0.29, 0.717) is 17.3 Å². The summed E-state index contributed by atoms with van der Waals surface area (Å²) in [7, 11) is 0. The number of hydrogen-bond acceptors (Lipinski definition) is 5. The maximum Gasteiger partial charge on any atom is 0.269 e. The van der Waals surface area contributed by atoms with Crippen LogP contribution in [0.15, 0.2) is 48.7 Å². The Morgan fingerprint density at radius 3 is 2.74 bits per heavy atom. The molecule has 0 spiro atoms. The van der Waals surface area contributed by atoms with Crippen LogP contribution < -0.4 is 10.6 Å². The number of pyridine rings is 1. The zero-order valence-corrected chi connectivity index (χ0v) is 12.7. The Morgan fingerprint density at radius 1 is 1.22 bits per heavy atom. The molecule has 0 radical (unpaired) electrons. The van der Waals surface area contributed by atoms with E-state index in [1.165, 1.54) is 12.1 Å². The highest BCUT2D eigenvalue weighted by molar-refractivity contribution is 7.80. The van der Waals surface area contributed by atoms with Crippen molar-refractivity contribution in [3.8, 4) is 0 Å². The smallest absolute Gasteiger partial charge is 0.269 e. The second-order valence-electron chi connectivity index (χ2n) is 4.66. The molecule has 0 unspecified atom stereocenters. The molecule has 0 atom stereocenters. The normalized spacial score (nSPS) is 10.4. The molecular formula is C14H12N6O2S. The highest BCUT2D eigenvalue weighted by Gasteiger charge is 2.07. The van der Waals surface area contributed by atoms with Crippen molar-refractivity contribution in [2.75, 3.05) is 5.32 Å². The van der Waals surface area contributed by atoms with E-state index < -0.39 is 4.92 Å². The van der Waals surface area contributed by atoms with Gasteiger partial charge in [-0.15, -0.1) is 10.2 Å². The summed E-state index contributed by atoms with van der Waals surface area (Å²) in [5.74, 6) is 0.730. The third-order valence-electron chi connectivity index (χ3n) is 3.13. The summed E-state index contributed by atoms with van der Waals surface area (Å²) < 4.78 is 1.86. The highest BCUT2D eigenvalue weighted by Crippen LogP contribution is 2.15. The predicted octanol–water partition coefficient (Wildman–Crippen LogP) is 2.12. The lowest BCUT2D eigenvalue weighted by Gasteiger charge is -2.09. The summed E-state index contributed by atoms with van der Waals surface area (Å²) in [5, 5.41) is 25.1. The lowest BCUT2D eigenvalue weighted by molar-refractivity contribution is -0.384. The molecule has 0 saturated heterocycles. The Kier molecular flexibility index (Phi) is 4.11. The SMILES string of the molecule is O=[N+]([O-])c1ccc(NC(=S)NCc2nnc3ccccn23)cc1. The van der Waals surface area contributed by atoms with E-state index in [0.717, 1.165) is 11.5 Å². The molecule has 0 aliphatic heterocycles. The van der Waals surface area contributed by atoms with Crippen molar-refractivity contribution < 1.29 is 4.92 Å². The number of nitro groups is 1. The van der Waals surface area contributed by atoms with E-state index in [1.807, 2.05) is 28.8 Å². The molecular weight excluding hydrogens is 316 g/mol. The molecule has 8 nitrogen and oxygen atoms in total. The van der Waals surface area contributed by atoms with Crippen LogP contribution >= 0.6 is 12.2 Å². The lowest BCUT2D eigenvalue weighted by Crippen LogP contribution is -2.28. The summed E-state index contributed by atoms with van der Waals surface area (Å²) in [6.45, 7) is 0.407. The van der Waals surface area contributed by atoms with Gasteiger partial charge in [0.1, 0.15) is 0 Å². The number of non-ortho nitro benzene ring substituents is 1. The molecule has 2 N–H and O–H groups in total. The van der Waals surface area contributed by atoms with Crippen LogP contribution in [0.25, 0.3) is 5.65 Å². The van der Waals surface area contributed by atoms with E-state index >= 15 is 0 Å². The minimum absolute atomic E-state index is 0.0318. The summed E-state index contributed by atoms with van der Waals surface area (Å²) in [4.78, 5) is 10.2. The minimum atomic E-state index is -0.448. The van der Waals surface area contributed by atoms with E-state index in [2.05, 4.69) is 20.8 Å². The number of nitrogens with zero attached hydrogens (tertiary/aromatic N) is 4. The van der Waals surface area contributed by atoms with Crippen molar-refractivity contribution in [1.82, 2.24) is 19.9 Å². The van der Waals surface area contributed by atoms with Crippen molar-refractivity contribution in [1.29, 1.82) is 0 Å². The van der Waals surface area contributed by atoms with Gasteiger partial charge in [-0.05, 0) is 36.5 Å². The van der Waals surface area contributed by atoms with Gasteiger partial charge >= 0.3 is 0 Å². The Labute approximate surface area is 136 Å². The number of benzene rings is 1. The second-order valence-corrected chi connectivity index (χ2v) is 5.06. The van der Waals surface area contributed by atoms with Crippen LogP contribution in [0.4, 0.5) is 11.4 Å². The first-order valence-electron chi connectivity index (χ1n) is 6.71. The van der Waals surface area contributed by atoms with Crippen molar-refractivity contribution in [3.63, 3.8) is 0 Å². The zero-order valence-electron chi connectivity index (χ0n) is 11.8. The van der Waals surface area contributed by atoms with Gasteiger partial charge in [0, 0.05) is 24.0 Å². The van der Waals surface area contributed by atoms with Crippen LogP contribution in [0.1, 0.15) is 5.82 Å². The van der Waals surface area contributed by atoms with Crippen LogP contribution in [0, 0.1) is 10.1 Å². The Morgan fingerprint density at radius 2 is 2.00 bits per heavy atom. The molecule has 0 saturated carbocycles. The van der Waals surface area contributed by atoms with E-state index in [9.17, 15) is 10.1 Å². The predicted molar refractivity (Wildman–Crippen MR) is 89.1 cm³/mol. The fourth-order valence-electron chi connectivity index (χ4n) is 2.01. The van der Waals surface area contributed by atoms with Crippen LogP contribution in [-0.2, 0) is 6.54 Å². The van der Waals surface area contributed by atoms with Crippen LogP contribution in [0.5, 0.6) is 0 Å². The molecule has 0 bridgehead atoms. The monoisotopic (exact) mass is 328 g/mol. The van der Waals surface area contributed by atoms with Gasteiger partial charge in [0.05, 0.1) is 11.5 Å². The molecule has 2 heterocycles. The number of aromatic nitrogens is 3. The summed E-state index contributed by atoms with van der Waals surface area (Å²) >= 11 is 5.20. The van der Waals surface area contributed by atoms with Gasteiger partial charge in [-0.3, -0.25) is 14.5 Å². The lowest BCUT2D eigenvalue weighted by atomic mass is 10.3. The molecule has 9 heteroatoms. The highest BCUT2D eigenvalue weighted by atomic mass is 32.1. The fraction of sp³-hybridized carbons (Fsp3) is 0.0714. The molecule has 0 fully saturated rings. The van der Waals surface area contributed by atoms with Gasteiger partial charge in [-0.25, -0.2) is 0 Å². The third-order valence-corrected chi connectivity index (χ3v) is 3.37. The first-order chi connectivity index (χ1) is 11.1. The number of nitro benzene ring substituents is 1. The molecule has 23 heavy (non-hydrogen) atoms. The Bertz CT molecular complexity index is 861. The van der Waals surface area contributed by atoms with Gasteiger partial charge < -0.3 is 10.6 Å². The van der Waals surface area contributed by atoms with Crippen molar-refractivity contribution >= 4 is 34.4 Å². The first kappa shape index (κ1) is 14.9. The largest absolute Gasteiger partial charge is 0.355 e. The van der Waals surface area contributed by atoms with Crippen LogP contribution in [0.3, 0.4) is 0 Å². The molecule has 116 valence electrons. The number of rotatable bonds is 4. The quantitative estimate of drug-likeness (QED) is 0.430. The standard InChI is InChI=1S/C14H12N6O2S/c21-20(22)11-6-4-10(5-7-11)16-14(23)15-9-13-18-17-12-3-1-2-8-19(12)13/h1-8H,9H2,(H2,15,16,23). The van der Waals surface area contributed by atoms with Crippen LogP contribution in [0.2, 0.25) is 0 Å². The molecule has 0 amide bonds. The number of nitrogens with one attached hydrogen (secondary N) is 2. The molecule has 0 aliphatic carbocycles. The Balaban J connectivity index is 1.60. The topological polar surface area (TPSA) is 97.4 Å². The van der Waals surface area contributed by atoms with Gasteiger partial charge in [-0.1, -0.05) is 6.07 Å². The van der Waals surface area contributed by atoms with E-state index in [-0.39, 0.29) is 5.69 Å². The fourth-order valence-corrected chi connectivity index (χ4v) is 2.20. The van der Waals surface area contributed by atoms with Gasteiger partial charge in [0.25, 0.3) is 5.69 Å². The first-order valence-corrected chi connectivity index (χ1v) is 7.12. The molecule has 0 aliphatic rings. The molecule has 1 aromatic carbocycles. The van der Waals surface area contributed by atoms with Crippen LogP contribution in [-0.4, -0.2) is 24.6 Å². The minimum Gasteiger partial charge on any atom is -0.355 e. The summed E-state index contributed by atoms with van der Waals surface area (Å²) in [5.41, 5.74) is 1.46.